The zero-order valence-corrected chi connectivity index (χ0v) is 11.9. The molecule has 2 aliphatic carbocycles. The van der Waals surface area contributed by atoms with Crippen LogP contribution in [0.4, 0.5) is 0 Å². The van der Waals surface area contributed by atoms with E-state index >= 15 is 0 Å². The Hall–Kier alpha value is -0.0800. The van der Waals surface area contributed by atoms with Crippen LogP contribution in [0.5, 0.6) is 0 Å². The molecule has 1 N–H and O–H groups in total. The van der Waals surface area contributed by atoms with Gasteiger partial charge in [0.2, 0.25) is 0 Å². The van der Waals surface area contributed by atoms with E-state index in [9.17, 15) is 0 Å². The first-order valence-electron chi connectivity index (χ1n) is 7.62. The molecule has 100 valence electrons. The SMILES string of the molecule is CNC1CCCC1CCN(CC(C)C)C1CC1. The Morgan fingerprint density at radius 1 is 1.18 bits per heavy atom. The average molecular weight is 238 g/mol. The fourth-order valence-corrected chi connectivity index (χ4v) is 3.43. The Morgan fingerprint density at radius 3 is 2.53 bits per heavy atom. The zero-order chi connectivity index (χ0) is 12.3. The number of nitrogens with one attached hydrogen (secondary N) is 1. The largest absolute Gasteiger partial charge is 0.317 e. The predicted molar refractivity (Wildman–Crippen MR) is 74.2 cm³/mol. The van der Waals surface area contributed by atoms with Crippen LogP contribution in [0.3, 0.4) is 0 Å². The van der Waals surface area contributed by atoms with Crippen LogP contribution in [0.15, 0.2) is 0 Å². The second-order valence-electron chi connectivity index (χ2n) is 6.49. The second kappa shape index (κ2) is 6.19. The van der Waals surface area contributed by atoms with Crippen molar-refractivity contribution in [1.82, 2.24) is 10.2 Å². The van der Waals surface area contributed by atoms with Gasteiger partial charge in [-0.3, -0.25) is 0 Å². The Morgan fingerprint density at radius 2 is 1.94 bits per heavy atom. The van der Waals surface area contributed by atoms with E-state index in [0.29, 0.717) is 0 Å². The second-order valence-corrected chi connectivity index (χ2v) is 6.49. The van der Waals surface area contributed by atoms with Crippen LogP contribution < -0.4 is 5.32 Å². The summed E-state index contributed by atoms with van der Waals surface area (Å²) < 4.78 is 0. The summed E-state index contributed by atoms with van der Waals surface area (Å²) in [5.41, 5.74) is 0. The third-order valence-corrected chi connectivity index (χ3v) is 4.48. The molecule has 0 aliphatic heterocycles. The van der Waals surface area contributed by atoms with E-state index in [4.69, 9.17) is 0 Å². The summed E-state index contributed by atoms with van der Waals surface area (Å²) in [6.07, 6.45) is 8.60. The molecule has 0 heterocycles. The summed E-state index contributed by atoms with van der Waals surface area (Å²) in [7, 11) is 2.13. The molecule has 0 aromatic rings. The molecule has 0 saturated heterocycles. The molecule has 0 bridgehead atoms. The van der Waals surface area contributed by atoms with Gasteiger partial charge >= 0.3 is 0 Å². The average Bonchev–Trinajstić information content (AvgIpc) is 3.03. The van der Waals surface area contributed by atoms with Gasteiger partial charge in [0.15, 0.2) is 0 Å². The molecule has 2 unspecified atom stereocenters. The quantitative estimate of drug-likeness (QED) is 0.733. The lowest BCUT2D eigenvalue weighted by molar-refractivity contribution is 0.211. The molecule has 17 heavy (non-hydrogen) atoms. The van der Waals surface area contributed by atoms with Crippen molar-refractivity contribution in [1.29, 1.82) is 0 Å². The minimum Gasteiger partial charge on any atom is -0.317 e. The molecule has 2 fully saturated rings. The maximum absolute atomic E-state index is 3.50. The molecule has 0 amide bonds. The molecule has 2 heteroatoms. The van der Waals surface area contributed by atoms with E-state index in [-0.39, 0.29) is 0 Å². The van der Waals surface area contributed by atoms with Crippen molar-refractivity contribution in [2.45, 2.75) is 64.5 Å². The van der Waals surface area contributed by atoms with Crippen LogP contribution in [0, 0.1) is 11.8 Å². The summed E-state index contributed by atoms with van der Waals surface area (Å²) in [5.74, 6) is 1.76. The molecule has 2 aliphatic rings. The fraction of sp³-hybridized carbons (Fsp3) is 1.00. The summed E-state index contributed by atoms with van der Waals surface area (Å²) in [6, 6.07) is 1.74. The molecule has 0 radical (unpaired) electrons. The summed E-state index contributed by atoms with van der Waals surface area (Å²) in [4.78, 5) is 2.76. The Labute approximate surface area is 107 Å². The highest BCUT2D eigenvalue weighted by atomic mass is 15.2. The van der Waals surface area contributed by atoms with Crippen LogP contribution in [0.25, 0.3) is 0 Å². The molecule has 2 saturated carbocycles. The van der Waals surface area contributed by atoms with Crippen LogP contribution in [0.1, 0.15) is 52.4 Å². The highest BCUT2D eigenvalue weighted by molar-refractivity contribution is 4.87. The van der Waals surface area contributed by atoms with Crippen molar-refractivity contribution in [3.63, 3.8) is 0 Å². The number of nitrogens with zero attached hydrogens (tertiary/aromatic N) is 1. The first-order valence-corrected chi connectivity index (χ1v) is 7.62. The molecule has 0 aromatic heterocycles. The normalized spacial score (nSPS) is 29.5. The van der Waals surface area contributed by atoms with Crippen LogP contribution in [-0.2, 0) is 0 Å². The summed E-state index contributed by atoms with van der Waals surface area (Å²) >= 11 is 0. The lowest BCUT2D eigenvalue weighted by atomic mass is 9.99. The van der Waals surface area contributed by atoms with Gasteiger partial charge in [0.25, 0.3) is 0 Å². The number of hydrogen-bond acceptors (Lipinski definition) is 2. The summed E-state index contributed by atoms with van der Waals surface area (Å²) in [5, 5.41) is 3.50. The number of hydrogen-bond donors (Lipinski definition) is 1. The van der Waals surface area contributed by atoms with E-state index in [0.717, 1.165) is 23.9 Å². The van der Waals surface area contributed by atoms with Gasteiger partial charge in [-0.05, 0) is 57.5 Å². The zero-order valence-electron chi connectivity index (χ0n) is 11.9. The maximum Gasteiger partial charge on any atom is 0.00965 e. The van der Waals surface area contributed by atoms with Crippen LogP contribution in [0.2, 0.25) is 0 Å². The van der Waals surface area contributed by atoms with E-state index in [1.54, 1.807) is 0 Å². The van der Waals surface area contributed by atoms with Crippen molar-refractivity contribution in [2.24, 2.45) is 11.8 Å². The molecule has 2 atom stereocenters. The van der Waals surface area contributed by atoms with Crippen molar-refractivity contribution in [3.8, 4) is 0 Å². The smallest absolute Gasteiger partial charge is 0.00965 e. The monoisotopic (exact) mass is 238 g/mol. The van der Waals surface area contributed by atoms with E-state index in [1.165, 1.54) is 51.6 Å². The van der Waals surface area contributed by atoms with Crippen LogP contribution >= 0.6 is 0 Å². The molecule has 2 rings (SSSR count). The molecule has 0 spiro atoms. The summed E-state index contributed by atoms with van der Waals surface area (Å²) in [6.45, 7) is 7.34. The van der Waals surface area contributed by atoms with Gasteiger partial charge in [-0.15, -0.1) is 0 Å². The number of rotatable bonds is 7. The Balaban J connectivity index is 1.74. The maximum atomic E-state index is 3.50. The van der Waals surface area contributed by atoms with Crippen molar-refractivity contribution < 1.29 is 0 Å². The van der Waals surface area contributed by atoms with E-state index in [2.05, 4.69) is 31.1 Å². The van der Waals surface area contributed by atoms with Crippen LogP contribution in [-0.4, -0.2) is 37.1 Å². The van der Waals surface area contributed by atoms with Gasteiger partial charge in [-0.1, -0.05) is 20.3 Å². The standard InChI is InChI=1S/C15H30N2/c1-12(2)11-17(14-7-8-14)10-9-13-5-4-6-15(13)16-3/h12-16H,4-11H2,1-3H3. The van der Waals surface area contributed by atoms with Gasteiger partial charge in [0.1, 0.15) is 0 Å². The highest BCUT2D eigenvalue weighted by Crippen LogP contribution is 2.31. The topological polar surface area (TPSA) is 15.3 Å². The van der Waals surface area contributed by atoms with E-state index < -0.39 is 0 Å². The van der Waals surface area contributed by atoms with Gasteiger partial charge in [-0.2, -0.15) is 0 Å². The van der Waals surface area contributed by atoms with Crippen molar-refractivity contribution >= 4 is 0 Å². The Kier molecular flexibility index (Phi) is 4.87. The molecule has 2 nitrogen and oxygen atoms in total. The van der Waals surface area contributed by atoms with Crippen molar-refractivity contribution in [3.05, 3.63) is 0 Å². The lowest BCUT2D eigenvalue weighted by Crippen LogP contribution is -2.35. The lowest BCUT2D eigenvalue weighted by Gasteiger charge is -2.27. The fourth-order valence-electron chi connectivity index (χ4n) is 3.43. The molecular weight excluding hydrogens is 208 g/mol. The minimum atomic E-state index is 0.801. The highest BCUT2D eigenvalue weighted by Gasteiger charge is 2.31. The predicted octanol–water partition coefficient (Wildman–Crippen LogP) is 2.89. The Bertz CT molecular complexity index is 223. The molecule has 0 aromatic carbocycles. The van der Waals surface area contributed by atoms with Crippen molar-refractivity contribution in [2.75, 3.05) is 20.1 Å². The first kappa shape index (κ1) is 13.4. The first-order chi connectivity index (χ1) is 8.20. The van der Waals surface area contributed by atoms with Gasteiger partial charge in [-0.25, -0.2) is 0 Å². The molecular formula is C15H30N2. The van der Waals surface area contributed by atoms with Gasteiger partial charge in [0, 0.05) is 18.6 Å². The third kappa shape index (κ3) is 3.96. The third-order valence-electron chi connectivity index (χ3n) is 4.48. The minimum absolute atomic E-state index is 0.801. The van der Waals surface area contributed by atoms with E-state index in [1.807, 2.05) is 0 Å². The van der Waals surface area contributed by atoms with Gasteiger partial charge in [0.05, 0.1) is 0 Å². The van der Waals surface area contributed by atoms with Gasteiger partial charge < -0.3 is 10.2 Å².